The van der Waals surface area contributed by atoms with Crippen LogP contribution >= 0.6 is 11.6 Å². The number of amides is 1. The van der Waals surface area contributed by atoms with Crippen molar-refractivity contribution in [1.29, 1.82) is 0 Å². The number of carboxylic acids is 1. The lowest BCUT2D eigenvalue weighted by molar-refractivity contribution is -0.131. The predicted octanol–water partition coefficient (Wildman–Crippen LogP) is 1.31. The van der Waals surface area contributed by atoms with Crippen LogP contribution in [0, 0.1) is 0 Å². The van der Waals surface area contributed by atoms with E-state index < -0.39 is 11.9 Å². The van der Waals surface area contributed by atoms with E-state index in [9.17, 15) is 9.59 Å². The summed E-state index contributed by atoms with van der Waals surface area (Å²) in [6, 6.07) is 1.50. The van der Waals surface area contributed by atoms with E-state index >= 15 is 0 Å². The number of hydrogen-bond acceptors (Lipinski definition) is 3. The molecule has 5 nitrogen and oxygen atoms in total. The highest BCUT2D eigenvalue weighted by Crippen LogP contribution is 2.12. The van der Waals surface area contributed by atoms with Gasteiger partial charge in [0.05, 0.1) is 16.9 Å². The van der Waals surface area contributed by atoms with Crippen LogP contribution in [0.1, 0.15) is 0 Å². The van der Waals surface area contributed by atoms with E-state index in [0.29, 0.717) is 10.7 Å². The van der Waals surface area contributed by atoms with Gasteiger partial charge in [0.1, 0.15) is 0 Å². The third-order valence-electron chi connectivity index (χ3n) is 1.35. The first kappa shape index (κ1) is 11.2. The van der Waals surface area contributed by atoms with E-state index in [2.05, 4.69) is 10.3 Å². The van der Waals surface area contributed by atoms with Crippen LogP contribution in [0.3, 0.4) is 0 Å². The number of aromatic nitrogens is 1. The zero-order valence-corrected chi connectivity index (χ0v) is 8.23. The molecule has 1 aromatic heterocycles. The summed E-state index contributed by atoms with van der Waals surface area (Å²) >= 11 is 5.63. The fourth-order valence-corrected chi connectivity index (χ4v) is 0.985. The van der Waals surface area contributed by atoms with E-state index in [-0.39, 0.29) is 0 Å². The monoisotopic (exact) mass is 226 g/mol. The number of carbonyl (C=O) groups is 2. The second kappa shape index (κ2) is 5.11. The number of carboxylic acid groups (broad SMARTS) is 1. The van der Waals surface area contributed by atoms with Crippen molar-refractivity contribution >= 4 is 29.2 Å². The lowest BCUT2D eigenvalue weighted by atomic mass is 10.4. The molecule has 1 rings (SSSR count). The molecule has 6 heteroatoms. The second-order valence-corrected chi connectivity index (χ2v) is 2.99. The minimum Gasteiger partial charge on any atom is -0.478 e. The quantitative estimate of drug-likeness (QED) is 0.762. The van der Waals surface area contributed by atoms with E-state index in [1.807, 2.05) is 0 Å². The topological polar surface area (TPSA) is 79.3 Å². The van der Waals surface area contributed by atoms with Gasteiger partial charge in [0.2, 0.25) is 5.91 Å². The van der Waals surface area contributed by atoms with Crippen LogP contribution in [0.2, 0.25) is 5.02 Å². The molecule has 15 heavy (non-hydrogen) atoms. The number of nitrogens with zero attached hydrogens (tertiary/aromatic N) is 1. The van der Waals surface area contributed by atoms with E-state index in [1.54, 1.807) is 0 Å². The van der Waals surface area contributed by atoms with Crippen molar-refractivity contribution in [3.8, 4) is 0 Å². The molecule has 0 unspecified atom stereocenters. The maximum atomic E-state index is 11.1. The Labute approximate surface area is 90.4 Å². The summed E-state index contributed by atoms with van der Waals surface area (Å²) in [7, 11) is 0. The molecule has 0 spiro atoms. The summed E-state index contributed by atoms with van der Waals surface area (Å²) in [5, 5.41) is 11.1. The molecule has 1 aromatic rings. The average Bonchev–Trinajstić information content (AvgIpc) is 2.15. The number of anilines is 1. The molecule has 0 saturated carbocycles. The number of aliphatic carboxylic acids is 1. The fourth-order valence-electron chi connectivity index (χ4n) is 0.811. The molecule has 2 N–H and O–H groups in total. The van der Waals surface area contributed by atoms with Crippen molar-refractivity contribution < 1.29 is 14.7 Å². The Balaban J connectivity index is 2.63. The molecule has 1 amide bonds. The fraction of sp³-hybridized carbons (Fsp3) is 0. The molecule has 0 saturated heterocycles. The summed E-state index contributed by atoms with van der Waals surface area (Å²) < 4.78 is 0. The molecule has 0 aliphatic carbocycles. The Bertz CT molecular complexity index is 418. The van der Waals surface area contributed by atoms with E-state index in [1.165, 1.54) is 18.5 Å². The van der Waals surface area contributed by atoms with Crippen molar-refractivity contribution in [3.63, 3.8) is 0 Å². The molecule has 78 valence electrons. The summed E-state index contributed by atoms with van der Waals surface area (Å²) in [6.45, 7) is 0. The first-order chi connectivity index (χ1) is 7.08. The number of nitrogens with one attached hydrogen (secondary N) is 1. The van der Waals surface area contributed by atoms with Gasteiger partial charge in [-0.2, -0.15) is 0 Å². The van der Waals surface area contributed by atoms with Crippen LogP contribution in [0.5, 0.6) is 0 Å². The molecule has 1 heterocycles. The van der Waals surface area contributed by atoms with Gasteiger partial charge in [-0.15, -0.1) is 0 Å². The first-order valence-electron chi connectivity index (χ1n) is 3.90. The van der Waals surface area contributed by atoms with Gasteiger partial charge >= 0.3 is 5.97 Å². The number of pyridine rings is 1. The van der Waals surface area contributed by atoms with Gasteiger partial charge in [-0.1, -0.05) is 11.6 Å². The number of halogens is 1. The minimum atomic E-state index is -1.19. The predicted molar refractivity (Wildman–Crippen MR) is 54.7 cm³/mol. The van der Waals surface area contributed by atoms with Gasteiger partial charge in [0.15, 0.2) is 0 Å². The number of carbonyl (C=O) groups excluding carboxylic acids is 1. The Morgan fingerprint density at radius 1 is 1.40 bits per heavy atom. The van der Waals surface area contributed by atoms with Gasteiger partial charge in [-0.3, -0.25) is 9.78 Å². The smallest absolute Gasteiger partial charge is 0.328 e. The normalized spacial score (nSPS) is 10.2. The maximum absolute atomic E-state index is 11.1. The molecule has 0 aliphatic heterocycles. The Morgan fingerprint density at radius 2 is 2.13 bits per heavy atom. The molecule has 0 aliphatic rings. The number of rotatable bonds is 3. The summed E-state index contributed by atoms with van der Waals surface area (Å²) in [4.78, 5) is 25.0. The van der Waals surface area contributed by atoms with Gasteiger partial charge in [-0.25, -0.2) is 4.79 Å². The Hall–Kier alpha value is -1.88. The van der Waals surface area contributed by atoms with E-state index in [4.69, 9.17) is 16.7 Å². The van der Waals surface area contributed by atoms with Crippen LogP contribution < -0.4 is 5.32 Å². The van der Waals surface area contributed by atoms with Crippen LogP contribution in [-0.2, 0) is 9.59 Å². The highest BCUT2D eigenvalue weighted by atomic mass is 35.5. The molecular formula is C9H7ClN2O3. The molecular weight excluding hydrogens is 220 g/mol. The zero-order chi connectivity index (χ0) is 11.3. The second-order valence-electron chi connectivity index (χ2n) is 2.55. The average molecular weight is 227 g/mol. The lowest BCUT2D eigenvalue weighted by Crippen LogP contribution is -2.08. The Kier molecular flexibility index (Phi) is 3.82. The molecule has 0 atom stereocenters. The molecule has 0 radical (unpaired) electrons. The van der Waals surface area contributed by atoms with Crippen LogP contribution in [0.15, 0.2) is 30.6 Å². The lowest BCUT2D eigenvalue weighted by Gasteiger charge is -2.00. The first-order valence-corrected chi connectivity index (χ1v) is 4.28. The van der Waals surface area contributed by atoms with Crippen molar-refractivity contribution in [1.82, 2.24) is 4.98 Å². The third-order valence-corrected chi connectivity index (χ3v) is 1.56. The SMILES string of the molecule is O=C(O)/C=C/C(=O)Nc1cncc(Cl)c1. The Morgan fingerprint density at radius 3 is 2.73 bits per heavy atom. The van der Waals surface area contributed by atoms with Gasteiger partial charge in [0.25, 0.3) is 0 Å². The summed E-state index contributed by atoms with van der Waals surface area (Å²) in [6.07, 6.45) is 4.47. The maximum Gasteiger partial charge on any atom is 0.328 e. The molecule has 0 bridgehead atoms. The van der Waals surface area contributed by atoms with Gasteiger partial charge < -0.3 is 10.4 Å². The largest absolute Gasteiger partial charge is 0.478 e. The molecule has 0 aromatic carbocycles. The third kappa shape index (κ3) is 4.24. The summed E-state index contributed by atoms with van der Waals surface area (Å²) in [5.74, 6) is -1.74. The van der Waals surface area contributed by atoms with Crippen LogP contribution in [0.25, 0.3) is 0 Å². The zero-order valence-electron chi connectivity index (χ0n) is 7.48. The van der Waals surface area contributed by atoms with E-state index in [0.717, 1.165) is 12.2 Å². The van der Waals surface area contributed by atoms with Crippen molar-refractivity contribution in [2.45, 2.75) is 0 Å². The highest BCUT2D eigenvalue weighted by Gasteiger charge is 1.99. The summed E-state index contributed by atoms with van der Waals surface area (Å²) in [5.41, 5.74) is 0.405. The minimum absolute atomic E-state index is 0.384. The van der Waals surface area contributed by atoms with Crippen molar-refractivity contribution in [3.05, 3.63) is 35.6 Å². The highest BCUT2D eigenvalue weighted by molar-refractivity contribution is 6.30. The number of hydrogen-bond donors (Lipinski definition) is 2. The standard InChI is InChI=1S/C9H7ClN2O3/c10-6-3-7(5-11-4-6)12-8(13)1-2-9(14)15/h1-5H,(H,12,13)(H,14,15)/b2-1+. The van der Waals surface area contributed by atoms with Crippen LogP contribution in [-0.4, -0.2) is 22.0 Å². The van der Waals surface area contributed by atoms with Crippen molar-refractivity contribution in [2.75, 3.05) is 5.32 Å². The van der Waals surface area contributed by atoms with Gasteiger partial charge in [-0.05, 0) is 6.07 Å². The van der Waals surface area contributed by atoms with Crippen molar-refractivity contribution in [2.24, 2.45) is 0 Å². The molecule has 0 fully saturated rings. The van der Waals surface area contributed by atoms with Gasteiger partial charge in [0, 0.05) is 18.3 Å². The van der Waals surface area contributed by atoms with Crippen LogP contribution in [0.4, 0.5) is 5.69 Å².